The molecule has 0 aliphatic rings. The minimum absolute atomic E-state index is 0.0114. The molecule has 1 aromatic carbocycles. The zero-order valence-electron chi connectivity index (χ0n) is 20.3. The minimum Gasteiger partial charge on any atom is -0.480 e. The van der Waals surface area contributed by atoms with Gasteiger partial charge in [0.1, 0.15) is 18.1 Å². The Morgan fingerprint density at radius 3 is 2.11 bits per heavy atom. The first-order valence-corrected chi connectivity index (χ1v) is 11.6. The molecule has 0 aliphatic heterocycles. The smallest absolute Gasteiger partial charge is 0.326 e. The van der Waals surface area contributed by atoms with E-state index in [0.717, 1.165) is 5.56 Å². The molecule has 0 aliphatic carbocycles. The summed E-state index contributed by atoms with van der Waals surface area (Å²) in [5, 5.41) is 26.4. The molecule has 2 aromatic rings. The number of benzene rings is 1. The van der Waals surface area contributed by atoms with Gasteiger partial charge in [-0.1, -0.05) is 44.2 Å². The molecule has 1 aromatic heterocycles. The van der Waals surface area contributed by atoms with Crippen LogP contribution in [0.3, 0.4) is 0 Å². The van der Waals surface area contributed by atoms with Crippen molar-refractivity contribution in [3.63, 3.8) is 0 Å². The quantitative estimate of drug-likeness (QED) is 0.172. The van der Waals surface area contributed by atoms with E-state index < -0.39 is 54.5 Å². The maximum atomic E-state index is 13.0. The summed E-state index contributed by atoms with van der Waals surface area (Å²) in [7, 11) is 0. The number of rotatable bonds is 14. The van der Waals surface area contributed by atoms with E-state index in [1.54, 1.807) is 13.8 Å². The summed E-state index contributed by atoms with van der Waals surface area (Å²) in [4.78, 5) is 56.6. The number of carbonyl (C=O) groups excluding carboxylic acids is 3. The van der Waals surface area contributed by atoms with Gasteiger partial charge in [-0.15, -0.1) is 0 Å². The first-order chi connectivity index (χ1) is 17.1. The second-order valence-electron chi connectivity index (χ2n) is 8.91. The van der Waals surface area contributed by atoms with Crippen molar-refractivity contribution in [2.45, 2.75) is 57.3 Å². The van der Waals surface area contributed by atoms with Gasteiger partial charge in [0.25, 0.3) is 0 Å². The molecule has 12 heteroatoms. The van der Waals surface area contributed by atoms with Gasteiger partial charge in [-0.2, -0.15) is 0 Å². The van der Waals surface area contributed by atoms with Gasteiger partial charge in [-0.05, 0) is 24.3 Å². The molecule has 0 spiro atoms. The van der Waals surface area contributed by atoms with Crippen molar-refractivity contribution in [1.82, 2.24) is 25.9 Å². The van der Waals surface area contributed by atoms with Gasteiger partial charge in [-0.25, -0.2) is 9.78 Å². The summed E-state index contributed by atoms with van der Waals surface area (Å²) in [6.07, 6.45) is 3.33. The first kappa shape index (κ1) is 28.5. The minimum atomic E-state index is -1.43. The van der Waals surface area contributed by atoms with E-state index >= 15 is 0 Å². The Hall–Kier alpha value is -3.77. The van der Waals surface area contributed by atoms with Crippen LogP contribution in [0.1, 0.15) is 31.5 Å². The summed E-state index contributed by atoms with van der Waals surface area (Å²) in [6, 6.07) is 4.46. The Kier molecular flexibility index (Phi) is 11.0. The number of carboxylic acids is 1. The first-order valence-electron chi connectivity index (χ1n) is 11.6. The van der Waals surface area contributed by atoms with Gasteiger partial charge in [0.15, 0.2) is 0 Å². The zero-order valence-corrected chi connectivity index (χ0v) is 20.3. The van der Waals surface area contributed by atoms with Crippen molar-refractivity contribution < 1.29 is 29.4 Å². The van der Waals surface area contributed by atoms with E-state index in [1.165, 1.54) is 12.5 Å². The highest BCUT2D eigenvalue weighted by Crippen LogP contribution is 2.07. The average Bonchev–Trinajstić information content (AvgIpc) is 3.34. The molecule has 0 radical (unpaired) electrons. The molecular formula is C24H34N6O6. The van der Waals surface area contributed by atoms with Crippen LogP contribution in [-0.4, -0.2) is 74.6 Å². The standard InChI is InChI=1S/C24H34N6O6/c1-14(2)8-19(24(35)36)29-23(34)20(12-31)30-22(33)18(10-16-11-26-13-27-16)28-21(32)17(25)9-15-6-4-3-5-7-15/h3-7,11,13-14,17-20,31H,8-10,12,25H2,1-2H3,(H,26,27)(H,28,32)(H,29,34)(H,30,33)(H,35,36). The summed E-state index contributed by atoms with van der Waals surface area (Å²) in [6.45, 7) is 2.83. The second kappa shape index (κ2) is 14.0. The van der Waals surface area contributed by atoms with Crippen LogP contribution in [0, 0.1) is 5.92 Å². The lowest BCUT2D eigenvalue weighted by Crippen LogP contribution is -2.58. The number of aromatic amines is 1. The topological polar surface area (TPSA) is 200 Å². The van der Waals surface area contributed by atoms with Crippen LogP contribution in [0.2, 0.25) is 0 Å². The van der Waals surface area contributed by atoms with E-state index in [4.69, 9.17) is 5.73 Å². The van der Waals surface area contributed by atoms with Gasteiger partial charge in [0.2, 0.25) is 17.7 Å². The lowest BCUT2D eigenvalue weighted by molar-refractivity contribution is -0.143. The fourth-order valence-electron chi connectivity index (χ4n) is 3.50. The number of nitrogens with two attached hydrogens (primary N) is 1. The second-order valence-corrected chi connectivity index (χ2v) is 8.91. The molecule has 0 saturated heterocycles. The predicted molar refractivity (Wildman–Crippen MR) is 130 cm³/mol. The van der Waals surface area contributed by atoms with E-state index in [-0.39, 0.29) is 25.2 Å². The number of hydrogen-bond acceptors (Lipinski definition) is 7. The SMILES string of the molecule is CC(C)CC(NC(=O)C(CO)NC(=O)C(Cc1cnc[nH]1)NC(=O)C(N)Cc1ccccc1)C(=O)O. The van der Waals surface area contributed by atoms with Crippen LogP contribution in [0.5, 0.6) is 0 Å². The summed E-state index contributed by atoms with van der Waals surface area (Å²) in [5.74, 6) is -3.42. The van der Waals surface area contributed by atoms with Crippen LogP contribution < -0.4 is 21.7 Å². The number of nitrogens with zero attached hydrogens (tertiary/aromatic N) is 1. The van der Waals surface area contributed by atoms with Gasteiger partial charge < -0.3 is 36.9 Å². The number of aliphatic carboxylic acids is 1. The van der Waals surface area contributed by atoms with Gasteiger partial charge in [0, 0.05) is 18.3 Å². The van der Waals surface area contributed by atoms with Crippen molar-refractivity contribution in [2.75, 3.05) is 6.61 Å². The van der Waals surface area contributed by atoms with Gasteiger partial charge >= 0.3 is 5.97 Å². The summed E-state index contributed by atoms with van der Waals surface area (Å²) >= 11 is 0. The normalized spacial score (nSPS) is 14.4. The molecule has 12 nitrogen and oxygen atoms in total. The third-order valence-electron chi connectivity index (χ3n) is 5.38. The average molecular weight is 503 g/mol. The third-order valence-corrected chi connectivity index (χ3v) is 5.38. The predicted octanol–water partition coefficient (Wildman–Crippen LogP) is -0.900. The third kappa shape index (κ3) is 9.12. The number of imidazole rings is 1. The molecule has 196 valence electrons. The Bertz CT molecular complexity index is 998. The van der Waals surface area contributed by atoms with E-state index in [1.807, 2.05) is 30.3 Å². The molecule has 2 rings (SSSR count). The number of hydrogen-bond donors (Lipinski definition) is 7. The van der Waals surface area contributed by atoms with Crippen LogP contribution in [0.15, 0.2) is 42.9 Å². The molecule has 4 unspecified atom stereocenters. The highest BCUT2D eigenvalue weighted by Gasteiger charge is 2.30. The van der Waals surface area contributed by atoms with Crippen molar-refractivity contribution in [2.24, 2.45) is 11.7 Å². The lowest BCUT2D eigenvalue weighted by atomic mass is 10.0. The molecule has 1 heterocycles. The molecule has 3 amide bonds. The number of nitrogens with one attached hydrogen (secondary N) is 4. The maximum absolute atomic E-state index is 13.0. The molecule has 8 N–H and O–H groups in total. The van der Waals surface area contributed by atoms with Crippen LogP contribution in [0.25, 0.3) is 0 Å². The monoisotopic (exact) mass is 502 g/mol. The highest BCUT2D eigenvalue weighted by molar-refractivity contribution is 5.94. The lowest BCUT2D eigenvalue weighted by Gasteiger charge is -2.24. The number of H-pyrrole nitrogens is 1. The number of carboxylic acid groups (broad SMARTS) is 1. The van der Waals surface area contributed by atoms with Crippen LogP contribution >= 0.6 is 0 Å². The Labute approximate surface area is 209 Å². The molecule has 0 bridgehead atoms. The fourth-order valence-corrected chi connectivity index (χ4v) is 3.50. The van der Waals surface area contributed by atoms with E-state index in [9.17, 15) is 29.4 Å². The van der Waals surface area contributed by atoms with Crippen molar-refractivity contribution in [3.8, 4) is 0 Å². The zero-order chi connectivity index (χ0) is 26.7. The Morgan fingerprint density at radius 1 is 0.944 bits per heavy atom. The Balaban J connectivity index is 2.09. The number of aliphatic hydroxyl groups excluding tert-OH is 1. The van der Waals surface area contributed by atoms with Crippen molar-refractivity contribution >= 4 is 23.7 Å². The van der Waals surface area contributed by atoms with Crippen molar-refractivity contribution in [3.05, 3.63) is 54.1 Å². The van der Waals surface area contributed by atoms with Crippen LogP contribution in [-0.2, 0) is 32.0 Å². The number of carbonyl (C=O) groups is 4. The number of aromatic nitrogens is 2. The largest absolute Gasteiger partial charge is 0.480 e. The highest BCUT2D eigenvalue weighted by atomic mass is 16.4. The molecule has 4 atom stereocenters. The summed E-state index contributed by atoms with van der Waals surface area (Å²) < 4.78 is 0. The fraction of sp³-hybridized carbons (Fsp3) is 0.458. The number of aliphatic hydroxyl groups is 1. The van der Waals surface area contributed by atoms with Crippen molar-refractivity contribution in [1.29, 1.82) is 0 Å². The van der Waals surface area contributed by atoms with Gasteiger partial charge in [0.05, 0.1) is 19.0 Å². The van der Waals surface area contributed by atoms with Gasteiger partial charge in [-0.3, -0.25) is 14.4 Å². The molecular weight excluding hydrogens is 468 g/mol. The molecule has 0 saturated carbocycles. The summed E-state index contributed by atoms with van der Waals surface area (Å²) in [5.41, 5.74) is 7.44. The van der Waals surface area contributed by atoms with E-state index in [2.05, 4.69) is 25.9 Å². The number of amides is 3. The maximum Gasteiger partial charge on any atom is 0.326 e. The molecule has 0 fully saturated rings. The van der Waals surface area contributed by atoms with E-state index in [0.29, 0.717) is 5.69 Å². The Morgan fingerprint density at radius 2 is 1.56 bits per heavy atom. The molecule has 36 heavy (non-hydrogen) atoms. The van der Waals surface area contributed by atoms with Crippen LogP contribution in [0.4, 0.5) is 0 Å².